The first-order valence-electron chi connectivity index (χ1n) is 8.95. The minimum Gasteiger partial charge on any atom is -0.459 e. The molecule has 1 unspecified atom stereocenters. The van der Waals surface area contributed by atoms with E-state index in [1.54, 1.807) is 42.1 Å². The van der Waals surface area contributed by atoms with Crippen LogP contribution in [-0.4, -0.2) is 45.3 Å². The Hall–Kier alpha value is -2.30. The Morgan fingerprint density at radius 1 is 1.14 bits per heavy atom. The fourth-order valence-electron chi connectivity index (χ4n) is 2.59. The van der Waals surface area contributed by atoms with Crippen molar-refractivity contribution in [2.45, 2.75) is 24.8 Å². The van der Waals surface area contributed by atoms with Gasteiger partial charge in [0.05, 0.1) is 12.0 Å². The SMILES string of the molecule is CNS(=O)(=O)Cc1ccccc1CNC(=O)C(CCSC)NC(=O)c1ccco1. The first kappa shape index (κ1) is 23.0. The lowest BCUT2D eigenvalue weighted by molar-refractivity contribution is -0.123. The smallest absolute Gasteiger partial charge is 0.287 e. The van der Waals surface area contributed by atoms with Crippen molar-refractivity contribution in [2.24, 2.45) is 0 Å². The monoisotopic (exact) mass is 439 g/mol. The van der Waals surface area contributed by atoms with Crippen LogP contribution in [0.2, 0.25) is 0 Å². The number of nitrogens with one attached hydrogen (secondary N) is 3. The van der Waals surface area contributed by atoms with E-state index in [1.165, 1.54) is 19.4 Å². The number of carbonyl (C=O) groups is 2. The van der Waals surface area contributed by atoms with Gasteiger partial charge in [-0.3, -0.25) is 9.59 Å². The van der Waals surface area contributed by atoms with Crippen molar-refractivity contribution in [2.75, 3.05) is 19.1 Å². The molecule has 0 aliphatic heterocycles. The summed E-state index contributed by atoms with van der Waals surface area (Å²) in [6.45, 7) is 0.153. The third-order valence-electron chi connectivity index (χ3n) is 4.21. The van der Waals surface area contributed by atoms with Gasteiger partial charge in [-0.2, -0.15) is 11.8 Å². The summed E-state index contributed by atoms with van der Waals surface area (Å²) in [6.07, 6.45) is 3.76. The van der Waals surface area contributed by atoms with Crippen LogP contribution in [0.1, 0.15) is 28.1 Å². The number of carbonyl (C=O) groups excluding carboxylic acids is 2. The predicted octanol–water partition coefficient (Wildman–Crippen LogP) is 1.50. The molecule has 29 heavy (non-hydrogen) atoms. The molecule has 0 aliphatic carbocycles. The van der Waals surface area contributed by atoms with Crippen LogP contribution in [0.4, 0.5) is 0 Å². The number of benzene rings is 1. The molecule has 0 radical (unpaired) electrons. The van der Waals surface area contributed by atoms with Crippen molar-refractivity contribution in [3.63, 3.8) is 0 Å². The Kier molecular flexibility index (Phi) is 8.74. The third-order valence-corrected chi connectivity index (χ3v) is 6.16. The minimum atomic E-state index is -3.44. The van der Waals surface area contributed by atoms with Crippen molar-refractivity contribution in [1.82, 2.24) is 15.4 Å². The van der Waals surface area contributed by atoms with Crippen LogP contribution >= 0.6 is 11.8 Å². The van der Waals surface area contributed by atoms with E-state index in [0.717, 1.165) is 0 Å². The topological polar surface area (TPSA) is 118 Å². The molecule has 0 bridgehead atoms. The molecule has 1 atom stereocenters. The average Bonchev–Trinajstić information content (AvgIpc) is 3.25. The fourth-order valence-corrected chi connectivity index (χ4v) is 3.90. The van der Waals surface area contributed by atoms with E-state index in [-0.39, 0.29) is 24.0 Å². The largest absolute Gasteiger partial charge is 0.459 e. The maximum atomic E-state index is 12.7. The molecular formula is C19H25N3O5S2. The Balaban J connectivity index is 2.05. The van der Waals surface area contributed by atoms with Crippen molar-refractivity contribution >= 4 is 33.6 Å². The normalized spacial score (nSPS) is 12.3. The summed E-state index contributed by atoms with van der Waals surface area (Å²) >= 11 is 1.57. The highest BCUT2D eigenvalue weighted by Crippen LogP contribution is 2.12. The molecule has 0 spiro atoms. The summed E-state index contributed by atoms with van der Waals surface area (Å²) in [7, 11) is -2.08. The fraction of sp³-hybridized carbons (Fsp3) is 0.368. The predicted molar refractivity (Wildman–Crippen MR) is 113 cm³/mol. The summed E-state index contributed by atoms with van der Waals surface area (Å²) in [4.78, 5) is 24.9. The lowest BCUT2D eigenvalue weighted by Gasteiger charge is -2.18. The Bertz CT molecular complexity index is 914. The Morgan fingerprint density at radius 2 is 1.86 bits per heavy atom. The van der Waals surface area contributed by atoms with Gasteiger partial charge >= 0.3 is 0 Å². The van der Waals surface area contributed by atoms with Gasteiger partial charge in [-0.15, -0.1) is 0 Å². The minimum absolute atomic E-state index is 0.134. The third kappa shape index (κ3) is 7.22. The second-order valence-corrected chi connectivity index (χ2v) is 9.15. The van der Waals surface area contributed by atoms with Gasteiger partial charge in [-0.25, -0.2) is 13.1 Å². The molecule has 0 fully saturated rings. The number of furan rings is 1. The zero-order chi connectivity index (χ0) is 21.3. The number of hydrogen-bond acceptors (Lipinski definition) is 6. The van der Waals surface area contributed by atoms with E-state index >= 15 is 0 Å². The van der Waals surface area contributed by atoms with Crippen molar-refractivity contribution in [3.05, 3.63) is 59.5 Å². The van der Waals surface area contributed by atoms with Gasteiger partial charge in [-0.05, 0) is 48.7 Å². The Morgan fingerprint density at radius 3 is 2.48 bits per heavy atom. The van der Waals surface area contributed by atoms with Gasteiger partial charge in [0.25, 0.3) is 5.91 Å². The van der Waals surface area contributed by atoms with E-state index in [1.807, 2.05) is 6.26 Å². The first-order chi connectivity index (χ1) is 13.9. The standard InChI is InChI=1S/C19H25N3O5S2/c1-20-29(25,26)13-15-7-4-3-6-14(15)12-21-18(23)16(9-11-28-2)22-19(24)17-8-5-10-27-17/h3-8,10,16,20H,9,11-13H2,1-2H3,(H,21,23)(H,22,24). The molecule has 3 N–H and O–H groups in total. The van der Waals surface area contributed by atoms with E-state index in [4.69, 9.17) is 4.42 Å². The van der Waals surface area contributed by atoms with E-state index in [0.29, 0.717) is 23.3 Å². The second-order valence-electron chi connectivity index (χ2n) is 6.23. The molecule has 1 heterocycles. The highest BCUT2D eigenvalue weighted by molar-refractivity contribution is 7.98. The second kappa shape index (κ2) is 11.0. The summed E-state index contributed by atoms with van der Waals surface area (Å²) in [5.74, 6) is -0.162. The summed E-state index contributed by atoms with van der Waals surface area (Å²) < 4.78 is 31.1. The lowest BCUT2D eigenvalue weighted by atomic mass is 10.1. The summed E-state index contributed by atoms with van der Waals surface area (Å²) in [5.41, 5.74) is 1.29. The van der Waals surface area contributed by atoms with E-state index < -0.39 is 22.0 Å². The molecule has 2 rings (SSSR count). The van der Waals surface area contributed by atoms with Crippen LogP contribution in [-0.2, 0) is 27.1 Å². The average molecular weight is 440 g/mol. The molecule has 1 aromatic carbocycles. The summed E-state index contributed by atoms with van der Waals surface area (Å²) in [6, 6.07) is 9.39. The van der Waals surface area contributed by atoms with Gasteiger partial charge in [0, 0.05) is 6.54 Å². The van der Waals surface area contributed by atoms with Crippen LogP contribution in [0.5, 0.6) is 0 Å². The number of rotatable bonds is 11. The van der Waals surface area contributed by atoms with Crippen LogP contribution in [0.15, 0.2) is 47.1 Å². The van der Waals surface area contributed by atoms with Crippen LogP contribution in [0.3, 0.4) is 0 Å². The van der Waals surface area contributed by atoms with Gasteiger partial charge in [-0.1, -0.05) is 24.3 Å². The molecule has 158 valence electrons. The van der Waals surface area contributed by atoms with Crippen molar-refractivity contribution in [1.29, 1.82) is 0 Å². The molecule has 0 saturated heterocycles. The quantitative estimate of drug-likeness (QED) is 0.488. The first-order valence-corrected chi connectivity index (χ1v) is 12.0. The lowest BCUT2D eigenvalue weighted by Crippen LogP contribution is -2.46. The van der Waals surface area contributed by atoms with Gasteiger partial charge < -0.3 is 15.1 Å². The zero-order valence-corrected chi connectivity index (χ0v) is 17.9. The molecule has 1 aromatic heterocycles. The number of amides is 2. The van der Waals surface area contributed by atoms with Crippen molar-refractivity contribution < 1.29 is 22.4 Å². The van der Waals surface area contributed by atoms with E-state index in [2.05, 4.69) is 15.4 Å². The summed E-state index contributed by atoms with van der Waals surface area (Å²) in [5, 5.41) is 5.48. The van der Waals surface area contributed by atoms with Crippen LogP contribution in [0, 0.1) is 0 Å². The number of hydrogen-bond donors (Lipinski definition) is 3. The van der Waals surface area contributed by atoms with E-state index in [9.17, 15) is 18.0 Å². The molecule has 8 nitrogen and oxygen atoms in total. The van der Waals surface area contributed by atoms with Gasteiger partial charge in [0.15, 0.2) is 5.76 Å². The highest BCUT2D eigenvalue weighted by Gasteiger charge is 2.22. The maximum absolute atomic E-state index is 12.7. The van der Waals surface area contributed by atoms with Gasteiger partial charge in [0.1, 0.15) is 6.04 Å². The molecule has 2 amide bonds. The molecular weight excluding hydrogens is 414 g/mol. The Labute approximate surface area is 174 Å². The van der Waals surface area contributed by atoms with Gasteiger partial charge in [0.2, 0.25) is 15.9 Å². The zero-order valence-electron chi connectivity index (χ0n) is 16.3. The number of thioether (sulfide) groups is 1. The van der Waals surface area contributed by atoms with Crippen LogP contribution < -0.4 is 15.4 Å². The molecule has 10 heteroatoms. The molecule has 0 aliphatic rings. The van der Waals surface area contributed by atoms with Crippen molar-refractivity contribution in [3.8, 4) is 0 Å². The van der Waals surface area contributed by atoms with Crippen LogP contribution in [0.25, 0.3) is 0 Å². The molecule has 2 aromatic rings. The highest BCUT2D eigenvalue weighted by atomic mass is 32.2. The maximum Gasteiger partial charge on any atom is 0.287 e. The molecule has 0 saturated carbocycles. The number of sulfonamides is 1.